The van der Waals surface area contributed by atoms with Crippen LogP contribution in [0.4, 0.5) is 0 Å². The van der Waals surface area contributed by atoms with Gasteiger partial charge >= 0.3 is 0 Å². The van der Waals surface area contributed by atoms with E-state index in [9.17, 15) is 4.79 Å². The summed E-state index contributed by atoms with van der Waals surface area (Å²) in [6.45, 7) is 3.98. The van der Waals surface area contributed by atoms with Crippen molar-refractivity contribution in [3.63, 3.8) is 0 Å². The lowest BCUT2D eigenvalue weighted by Gasteiger charge is -2.15. The van der Waals surface area contributed by atoms with E-state index in [0.29, 0.717) is 22.3 Å². The lowest BCUT2D eigenvalue weighted by atomic mass is 10.1. The summed E-state index contributed by atoms with van der Waals surface area (Å²) in [7, 11) is 3.24. The minimum absolute atomic E-state index is 0.000560. The van der Waals surface area contributed by atoms with E-state index in [2.05, 4.69) is 5.32 Å². The fourth-order valence-corrected chi connectivity index (χ4v) is 3.67. The van der Waals surface area contributed by atoms with Gasteiger partial charge < -0.3 is 14.8 Å². The maximum absolute atomic E-state index is 12.2. The summed E-state index contributed by atoms with van der Waals surface area (Å²) in [4.78, 5) is 12.2. The Morgan fingerprint density at radius 3 is 2.54 bits per heavy atom. The first kappa shape index (κ1) is 20.5. The van der Waals surface area contributed by atoms with Gasteiger partial charge in [0.05, 0.1) is 26.0 Å². The number of amides is 1. The number of benzene rings is 2. The molecule has 0 radical (unpaired) electrons. The van der Waals surface area contributed by atoms with Crippen molar-refractivity contribution in [2.24, 2.45) is 0 Å². The molecule has 0 unspecified atom stereocenters. The van der Waals surface area contributed by atoms with Crippen molar-refractivity contribution >= 4 is 29.3 Å². The van der Waals surface area contributed by atoms with Crippen LogP contribution in [0.3, 0.4) is 0 Å². The molecule has 0 spiro atoms. The number of methoxy groups -OCH3 is 2. The Balaban J connectivity index is 1.88. The first-order chi connectivity index (χ1) is 12.4. The van der Waals surface area contributed by atoms with Crippen LogP contribution in [0.15, 0.2) is 36.4 Å². The second kappa shape index (κ2) is 9.74. The molecule has 0 fully saturated rings. The first-order valence-corrected chi connectivity index (χ1v) is 9.82. The Labute approximate surface area is 164 Å². The van der Waals surface area contributed by atoms with Gasteiger partial charge in [-0.1, -0.05) is 23.7 Å². The largest absolute Gasteiger partial charge is 0.493 e. The number of carbonyl (C=O) groups is 1. The summed E-state index contributed by atoms with van der Waals surface area (Å²) in [5, 5.41) is 3.67. The number of thioether (sulfide) groups is 1. The molecule has 0 aliphatic rings. The van der Waals surface area contributed by atoms with Crippen molar-refractivity contribution in [2.75, 3.05) is 20.0 Å². The van der Waals surface area contributed by atoms with E-state index in [-0.39, 0.29) is 11.9 Å². The van der Waals surface area contributed by atoms with Crippen LogP contribution in [0.5, 0.6) is 11.5 Å². The molecule has 140 valence electrons. The second-order valence-corrected chi connectivity index (χ2v) is 7.39. The number of halogens is 1. The third-order valence-corrected chi connectivity index (χ3v) is 5.28. The highest BCUT2D eigenvalue weighted by Gasteiger charge is 2.12. The molecule has 2 aromatic rings. The van der Waals surface area contributed by atoms with Crippen LogP contribution in [0, 0.1) is 6.92 Å². The predicted octanol–water partition coefficient (Wildman–Crippen LogP) is 4.78. The van der Waals surface area contributed by atoms with Crippen LogP contribution in [0.25, 0.3) is 0 Å². The first-order valence-electron chi connectivity index (χ1n) is 8.28. The van der Waals surface area contributed by atoms with Crippen molar-refractivity contribution in [1.82, 2.24) is 5.32 Å². The maximum Gasteiger partial charge on any atom is 0.230 e. The van der Waals surface area contributed by atoms with E-state index in [1.165, 1.54) is 0 Å². The molecule has 2 aromatic carbocycles. The predicted molar refractivity (Wildman–Crippen MR) is 108 cm³/mol. The Bertz CT molecular complexity index is 767. The van der Waals surface area contributed by atoms with E-state index in [1.807, 2.05) is 50.2 Å². The van der Waals surface area contributed by atoms with E-state index >= 15 is 0 Å². The molecule has 1 atom stereocenters. The van der Waals surface area contributed by atoms with E-state index in [4.69, 9.17) is 21.1 Å². The molecule has 1 amide bonds. The van der Waals surface area contributed by atoms with Gasteiger partial charge in [-0.2, -0.15) is 0 Å². The van der Waals surface area contributed by atoms with Gasteiger partial charge in [0.1, 0.15) is 0 Å². The normalized spacial score (nSPS) is 11.7. The molecule has 0 saturated heterocycles. The molecule has 0 aromatic heterocycles. The maximum atomic E-state index is 12.2. The van der Waals surface area contributed by atoms with Crippen LogP contribution < -0.4 is 14.8 Å². The highest BCUT2D eigenvalue weighted by Crippen LogP contribution is 2.31. The molecule has 0 saturated carbocycles. The Morgan fingerprint density at radius 2 is 1.88 bits per heavy atom. The number of nitrogens with one attached hydrogen (secondary N) is 1. The van der Waals surface area contributed by atoms with Crippen molar-refractivity contribution < 1.29 is 14.3 Å². The SMILES string of the molecule is COc1cc(C)c(CSCC(=O)N[C@@H](C)c2cccc(Cl)c2)cc1OC. The summed E-state index contributed by atoms with van der Waals surface area (Å²) >= 11 is 7.57. The molecule has 0 aliphatic heterocycles. The topological polar surface area (TPSA) is 47.6 Å². The van der Waals surface area contributed by atoms with Crippen LogP contribution in [-0.4, -0.2) is 25.9 Å². The highest BCUT2D eigenvalue weighted by molar-refractivity contribution is 7.99. The number of ether oxygens (including phenoxy) is 2. The zero-order chi connectivity index (χ0) is 19.1. The number of aryl methyl sites for hydroxylation is 1. The summed E-state index contributed by atoms with van der Waals surface area (Å²) < 4.78 is 10.6. The molecular weight excluding hydrogens is 370 g/mol. The van der Waals surface area contributed by atoms with Gasteiger partial charge in [0.15, 0.2) is 11.5 Å². The molecule has 2 rings (SSSR count). The molecule has 4 nitrogen and oxygen atoms in total. The van der Waals surface area contributed by atoms with Crippen molar-refractivity contribution in [3.05, 3.63) is 58.1 Å². The van der Waals surface area contributed by atoms with Gasteiger partial charge in [-0.25, -0.2) is 0 Å². The van der Waals surface area contributed by atoms with E-state index in [0.717, 1.165) is 22.4 Å². The van der Waals surface area contributed by atoms with E-state index in [1.54, 1.807) is 26.0 Å². The molecule has 1 N–H and O–H groups in total. The lowest BCUT2D eigenvalue weighted by Crippen LogP contribution is -2.28. The summed E-state index contributed by atoms with van der Waals surface area (Å²) in [5.41, 5.74) is 3.23. The Kier molecular flexibility index (Phi) is 7.66. The average Bonchev–Trinajstić information content (AvgIpc) is 2.62. The molecular formula is C20H24ClNO3S. The molecule has 26 heavy (non-hydrogen) atoms. The van der Waals surface area contributed by atoms with Gasteiger partial charge in [0.2, 0.25) is 5.91 Å². The monoisotopic (exact) mass is 393 g/mol. The second-order valence-electron chi connectivity index (χ2n) is 5.97. The molecule has 6 heteroatoms. The fourth-order valence-electron chi connectivity index (χ4n) is 2.57. The Hall–Kier alpha value is -1.85. The standard InChI is InChI=1S/C20H24ClNO3S/c1-13-8-18(24-3)19(25-4)10-16(13)11-26-12-20(23)22-14(2)15-6-5-7-17(21)9-15/h5-10,14H,11-12H2,1-4H3,(H,22,23)/t14-/m0/s1. The van der Waals surface area contributed by atoms with Gasteiger partial charge in [-0.05, 0) is 54.8 Å². The van der Waals surface area contributed by atoms with Crippen molar-refractivity contribution in [2.45, 2.75) is 25.6 Å². The van der Waals surface area contributed by atoms with Gasteiger partial charge in [0.25, 0.3) is 0 Å². The Morgan fingerprint density at radius 1 is 1.19 bits per heavy atom. The van der Waals surface area contributed by atoms with Crippen molar-refractivity contribution in [1.29, 1.82) is 0 Å². The van der Waals surface area contributed by atoms with Crippen LogP contribution >= 0.6 is 23.4 Å². The van der Waals surface area contributed by atoms with Gasteiger partial charge in [-0.3, -0.25) is 4.79 Å². The number of hydrogen-bond donors (Lipinski definition) is 1. The molecule has 0 aliphatic carbocycles. The summed E-state index contributed by atoms with van der Waals surface area (Å²) in [6.07, 6.45) is 0. The zero-order valence-electron chi connectivity index (χ0n) is 15.5. The number of carbonyl (C=O) groups excluding carboxylic acids is 1. The quantitative estimate of drug-likeness (QED) is 0.701. The van der Waals surface area contributed by atoms with Crippen LogP contribution in [-0.2, 0) is 10.5 Å². The van der Waals surface area contributed by atoms with Crippen molar-refractivity contribution in [3.8, 4) is 11.5 Å². The van der Waals surface area contributed by atoms with E-state index < -0.39 is 0 Å². The number of rotatable bonds is 8. The molecule has 0 bridgehead atoms. The lowest BCUT2D eigenvalue weighted by molar-refractivity contribution is -0.119. The number of hydrogen-bond acceptors (Lipinski definition) is 4. The summed E-state index contributed by atoms with van der Waals surface area (Å²) in [5.74, 6) is 2.53. The molecule has 0 heterocycles. The zero-order valence-corrected chi connectivity index (χ0v) is 17.0. The smallest absolute Gasteiger partial charge is 0.230 e. The fraction of sp³-hybridized carbons (Fsp3) is 0.350. The van der Waals surface area contributed by atoms with Crippen LogP contribution in [0.2, 0.25) is 5.02 Å². The third-order valence-electron chi connectivity index (χ3n) is 4.06. The van der Waals surface area contributed by atoms with Gasteiger partial charge in [0, 0.05) is 10.8 Å². The third kappa shape index (κ3) is 5.58. The minimum Gasteiger partial charge on any atom is -0.493 e. The van der Waals surface area contributed by atoms with Crippen LogP contribution in [0.1, 0.15) is 29.7 Å². The average molecular weight is 394 g/mol. The summed E-state index contributed by atoms with van der Waals surface area (Å²) in [6, 6.07) is 11.4. The minimum atomic E-state index is -0.0791. The highest BCUT2D eigenvalue weighted by atomic mass is 35.5. The van der Waals surface area contributed by atoms with Gasteiger partial charge in [-0.15, -0.1) is 11.8 Å².